The van der Waals surface area contributed by atoms with Crippen molar-refractivity contribution < 1.29 is 8.78 Å². The Morgan fingerprint density at radius 2 is 1.75 bits per heavy atom. The number of rotatable bonds is 10. The van der Waals surface area contributed by atoms with Gasteiger partial charge in [-0.3, -0.25) is 0 Å². The minimum Gasteiger partial charge on any atom is -0.309 e. The maximum atomic E-state index is 12.8. The number of hydrogen-bond acceptors (Lipinski definition) is 1. The van der Waals surface area contributed by atoms with Crippen LogP contribution < -0.4 is 5.32 Å². The Kier molecular flexibility index (Phi) is 9.89. The first-order valence-corrected chi connectivity index (χ1v) is 6.67. The van der Waals surface area contributed by atoms with E-state index < -0.39 is 12.5 Å². The number of hydrogen-bond donors (Lipinski definition) is 1. The predicted molar refractivity (Wildman–Crippen MR) is 66.0 cm³/mol. The molecule has 0 spiro atoms. The third-order valence-electron chi connectivity index (χ3n) is 3.09. The fourth-order valence-corrected chi connectivity index (χ4v) is 1.95. The molecule has 0 bridgehead atoms. The lowest BCUT2D eigenvalue weighted by Crippen LogP contribution is -2.37. The van der Waals surface area contributed by atoms with E-state index in [0.29, 0.717) is 18.9 Å². The standard InChI is InChI=1S/C13H27F2N/c1-4-7-8-11(6-3)10-12(13(14)15)16-9-5-2/h11-13,16H,4-10H2,1-3H3. The molecule has 0 aliphatic heterocycles. The van der Waals surface area contributed by atoms with Crippen molar-refractivity contribution in [2.45, 2.75) is 71.8 Å². The average Bonchev–Trinajstić information content (AvgIpc) is 2.28. The molecule has 0 rings (SSSR count). The average molecular weight is 235 g/mol. The second kappa shape index (κ2) is 10.0. The normalized spacial score (nSPS) is 15.4. The van der Waals surface area contributed by atoms with E-state index in [-0.39, 0.29) is 0 Å². The topological polar surface area (TPSA) is 12.0 Å². The SMILES string of the molecule is CCCCC(CC)CC(NCCC)C(F)F. The van der Waals surface area contributed by atoms with E-state index >= 15 is 0 Å². The van der Waals surface area contributed by atoms with Crippen LogP contribution in [0.15, 0.2) is 0 Å². The summed E-state index contributed by atoms with van der Waals surface area (Å²) < 4.78 is 25.6. The van der Waals surface area contributed by atoms with E-state index in [0.717, 1.165) is 32.1 Å². The first-order valence-electron chi connectivity index (χ1n) is 6.67. The second-order valence-electron chi connectivity index (χ2n) is 4.55. The highest BCUT2D eigenvalue weighted by Crippen LogP contribution is 2.21. The van der Waals surface area contributed by atoms with Crippen LogP contribution in [-0.2, 0) is 0 Å². The van der Waals surface area contributed by atoms with Crippen molar-refractivity contribution in [1.29, 1.82) is 0 Å². The molecule has 0 aromatic heterocycles. The van der Waals surface area contributed by atoms with E-state index in [1.807, 2.05) is 6.92 Å². The molecule has 0 aromatic rings. The Bertz CT molecular complexity index is 151. The van der Waals surface area contributed by atoms with Gasteiger partial charge in [-0.1, -0.05) is 46.5 Å². The van der Waals surface area contributed by atoms with Crippen LogP contribution in [-0.4, -0.2) is 19.0 Å². The molecule has 0 aromatic carbocycles. The molecule has 0 fully saturated rings. The van der Waals surface area contributed by atoms with Crippen molar-refractivity contribution in [2.24, 2.45) is 5.92 Å². The fourth-order valence-electron chi connectivity index (χ4n) is 1.95. The van der Waals surface area contributed by atoms with Crippen LogP contribution in [0.2, 0.25) is 0 Å². The lowest BCUT2D eigenvalue weighted by atomic mass is 9.92. The molecule has 1 N–H and O–H groups in total. The van der Waals surface area contributed by atoms with Gasteiger partial charge in [0.15, 0.2) is 0 Å². The summed E-state index contributed by atoms with van der Waals surface area (Å²) in [5, 5.41) is 2.96. The molecule has 0 saturated heterocycles. The van der Waals surface area contributed by atoms with Crippen LogP contribution >= 0.6 is 0 Å². The van der Waals surface area contributed by atoms with E-state index in [9.17, 15) is 8.78 Å². The Morgan fingerprint density at radius 3 is 2.19 bits per heavy atom. The Labute approximate surface area is 99.0 Å². The highest BCUT2D eigenvalue weighted by Gasteiger charge is 2.22. The van der Waals surface area contributed by atoms with Crippen molar-refractivity contribution >= 4 is 0 Å². The summed E-state index contributed by atoms with van der Waals surface area (Å²) in [6.45, 7) is 6.94. The molecule has 16 heavy (non-hydrogen) atoms. The summed E-state index contributed by atoms with van der Waals surface area (Å²) in [6, 6.07) is -0.609. The summed E-state index contributed by atoms with van der Waals surface area (Å²) >= 11 is 0. The Morgan fingerprint density at radius 1 is 1.06 bits per heavy atom. The molecule has 0 aliphatic rings. The molecule has 0 radical (unpaired) electrons. The molecule has 3 heteroatoms. The lowest BCUT2D eigenvalue weighted by Gasteiger charge is -2.23. The number of nitrogens with one attached hydrogen (secondary N) is 1. The summed E-state index contributed by atoms with van der Waals surface area (Å²) in [4.78, 5) is 0. The van der Waals surface area contributed by atoms with Gasteiger partial charge in [0, 0.05) is 0 Å². The quantitative estimate of drug-likeness (QED) is 0.597. The maximum Gasteiger partial charge on any atom is 0.253 e. The van der Waals surface area contributed by atoms with Crippen molar-refractivity contribution in [1.82, 2.24) is 5.32 Å². The number of alkyl halides is 2. The van der Waals surface area contributed by atoms with Crippen LogP contribution in [0.4, 0.5) is 8.78 Å². The van der Waals surface area contributed by atoms with E-state index in [1.165, 1.54) is 0 Å². The summed E-state index contributed by atoms with van der Waals surface area (Å²) in [6.07, 6.45) is 3.70. The van der Waals surface area contributed by atoms with E-state index in [1.54, 1.807) is 0 Å². The van der Waals surface area contributed by atoms with Gasteiger partial charge in [0.1, 0.15) is 0 Å². The van der Waals surface area contributed by atoms with Crippen LogP contribution in [0.3, 0.4) is 0 Å². The monoisotopic (exact) mass is 235 g/mol. The van der Waals surface area contributed by atoms with Gasteiger partial charge in [0.05, 0.1) is 6.04 Å². The van der Waals surface area contributed by atoms with Gasteiger partial charge in [-0.05, 0) is 25.3 Å². The van der Waals surface area contributed by atoms with Crippen molar-refractivity contribution in [2.75, 3.05) is 6.54 Å². The Hall–Kier alpha value is -0.180. The van der Waals surface area contributed by atoms with Crippen molar-refractivity contribution in [3.05, 3.63) is 0 Å². The van der Waals surface area contributed by atoms with Crippen molar-refractivity contribution in [3.8, 4) is 0 Å². The summed E-state index contributed by atoms with van der Waals surface area (Å²) in [7, 11) is 0. The zero-order chi connectivity index (χ0) is 12.4. The first-order chi connectivity index (χ1) is 7.65. The van der Waals surface area contributed by atoms with Gasteiger partial charge >= 0.3 is 0 Å². The highest BCUT2D eigenvalue weighted by atomic mass is 19.3. The number of unbranched alkanes of at least 4 members (excludes halogenated alkanes) is 1. The molecule has 1 nitrogen and oxygen atoms in total. The van der Waals surface area contributed by atoms with Gasteiger partial charge in [-0.2, -0.15) is 0 Å². The maximum absolute atomic E-state index is 12.8. The fraction of sp³-hybridized carbons (Fsp3) is 1.00. The van der Waals surface area contributed by atoms with Crippen molar-refractivity contribution in [3.63, 3.8) is 0 Å². The molecule has 98 valence electrons. The van der Waals surface area contributed by atoms with E-state index in [4.69, 9.17) is 0 Å². The lowest BCUT2D eigenvalue weighted by molar-refractivity contribution is 0.0839. The van der Waals surface area contributed by atoms with Crippen LogP contribution in [0.1, 0.15) is 59.3 Å². The van der Waals surface area contributed by atoms with Crippen LogP contribution in [0.25, 0.3) is 0 Å². The van der Waals surface area contributed by atoms with Gasteiger partial charge < -0.3 is 5.32 Å². The van der Waals surface area contributed by atoms with Crippen LogP contribution in [0.5, 0.6) is 0 Å². The van der Waals surface area contributed by atoms with Gasteiger partial charge in [-0.25, -0.2) is 8.78 Å². The smallest absolute Gasteiger partial charge is 0.253 e. The minimum absolute atomic E-state index is 0.448. The third kappa shape index (κ3) is 7.15. The van der Waals surface area contributed by atoms with Crippen LogP contribution in [0, 0.1) is 5.92 Å². The predicted octanol–water partition coefficient (Wildman–Crippen LogP) is 4.23. The molecular weight excluding hydrogens is 208 g/mol. The molecule has 2 atom stereocenters. The molecular formula is C13H27F2N. The zero-order valence-corrected chi connectivity index (χ0v) is 10.9. The van der Waals surface area contributed by atoms with Gasteiger partial charge in [0.25, 0.3) is 6.43 Å². The summed E-state index contributed by atoms with van der Waals surface area (Å²) in [5.41, 5.74) is 0. The second-order valence-corrected chi connectivity index (χ2v) is 4.55. The molecule has 2 unspecified atom stereocenters. The number of halogens is 2. The third-order valence-corrected chi connectivity index (χ3v) is 3.09. The minimum atomic E-state index is -2.23. The van der Waals surface area contributed by atoms with E-state index in [2.05, 4.69) is 19.2 Å². The highest BCUT2D eigenvalue weighted by molar-refractivity contribution is 4.73. The summed E-state index contributed by atoms with van der Waals surface area (Å²) in [5.74, 6) is 0.448. The molecule has 0 amide bonds. The Balaban J connectivity index is 4.01. The molecule has 0 heterocycles. The first kappa shape index (κ1) is 15.8. The van der Waals surface area contributed by atoms with Gasteiger partial charge in [-0.15, -0.1) is 0 Å². The zero-order valence-electron chi connectivity index (χ0n) is 10.9. The molecule has 0 saturated carbocycles. The largest absolute Gasteiger partial charge is 0.309 e. The van der Waals surface area contributed by atoms with Gasteiger partial charge in [0.2, 0.25) is 0 Å². The molecule has 0 aliphatic carbocycles.